The van der Waals surface area contributed by atoms with Gasteiger partial charge in [0.15, 0.2) is 0 Å². The van der Waals surface area contributed by atoms with Crippen LogP contribution >= 0.6 is 11.3 Å². The summed E-state index contributed by atoms with van der Waals surface area (Å²) in [5.41, 5.74) is 1.24. The van der Waals surface area contributed by atoms with E-state index in [0.29, 0.717) is 6.42 Å². The molecule has 0 saturated heterocycles. The molecule has 3 N–H and O–H groups in total. The summed E-state index contributed by atoms with van der Waals surface area (Å²) in [6, 6.07) is 6.12. The van der Waals surface area contributed by atoms with Crippen LogP contribution < -0.4 is 10.0 Å². The van der Waals surface area contributed by atoms with E-state index in [1.165, 1.54) is 12.1 Å². The molecule has 0 saturated carbocycles. The van der Waals surface area contributed by atoms with Gasteiger partial charge in [-0.3, -0.25) is 9.27 Å². The van der Waals surface area contributed by atoms with E-state index < -0.39 is 28.0 Å². The van der Waals surface area contributed by atoms with Gasteiger partial charge in [0.25, 0.3) is 0 Å². The van der Waals surface area contributed by atoms with Gasteiger partial charge in [0.05, 0.1) is 22.4 Å². The number of carbonyl (C=O) groups is 1. The number of nitrogens with zero attached hydrogens (tertiary/aromatic N) is 1. The van der Waals surface area contributed by atoms with Gasteiger partial charge in [-0.15, -0.1) is 11.3 Å². The Morgan fingerprint density at radius 1 is 1.28 bits per heavy atom. The van der Waals surface area contributed by atoms with E-state index in [2.05, 4.69) is 17.2 Å². The van der Waals surface area contributed by atoms with Crippen LogP contribution in [-0.4, -0.2) is 29.6 Å². The first-order chi connectivity index (χ1) is 13.4. The fraction of sp³-hybridized carbons (Fsp3) is 0.474. The second-order valence-corrected chi connectivity index (χ2v) is 9.69. The second-order valence-electron chi connectivity index (χ2n) is 7.59. The van der Waals surface area contributed by atoms with Gasteiger partial charge in [0.2, 0.25) is 0 Å². The number of aryl methyl sites for hydroxylation is 1. The smallest absolute Gasteiger partial charge is 0.408 e. The Labute approximate surface area is 175 Å². The van der Waals surface area contributed by atoms with Gasteiger partial charge < -0.3 is 10.1 Å². The molecule has 29 heavy (non-hydrogen) atoms. The molecule has 0 unspecified atom stereocenters. The lowest BCUT2D eigenvalue weighted by Gasteiger charge is -2.23. The van der Waals surface area contributed by atoms with Crippen LogP contribution in [-0.2, 0) is 27.9 Å². The molecule has 0 aliphatic rings. The predicted molar refractivity (Wildman–Crippen MR) is 114 cm³/mol. The first-order valence-corrected chi connectivity index (χ1v) is 11.5. The molecule has 0 aliphatic heterocycles. The number of rotatable bonds is 8. The van der Waals surface area contributed by atoms with Crippen LogP contribution in [0.15, 0.2) is 29.6 Å². The molecule has 1 amide bonds. The highest BCUT2D eigenvalue weighted by Gasteiger charge is 2.22. The van der Waals surface area contributed by atoms with Crippen LogP contribution in [0.5, 0.6) is 0 Å². The quantitative estimate of drug-likeness (QED) is 0.531. The number of alkyl carbamates (subject to hydrolysis) is 1. The summed E-state index contributed by atoms with van der Waals surface area (Å²) in [6.07, 6.45) is 1.78. The number of thiazole rings is 1. The van der Waals surface area contributed by atoms with Crippen molar-refractivity contribution in [2.75, 3.05) is 4.72 Å². The number of anilines is 1. The lowest BCUT2D eigenvalue weighted by atomic mass is 10.0. The largest absolute Gasteiger partial charge is 0.444 e. The summed E-state index contributed by atoms with van der Waals surface area (Å²) < 4.78 is 38.1. The first kappa shape index (κ1) is 23.1. The Balaban J connectivity index is 2.18. The third-order valence-electron chi connectivity index (χ3n) is 3.72. The molecule has 1 heterocycles. The molecule has 0 aliphatic carbocycles. The monoisotopic (exact) mass is 441 g/mol. The van der Waals surface area contributed by atoms with Crippen molar-refractivity contribution in [2.24, 2.45) is 0 Å². The minimum atomic E-state index is -4.32. The van der Waals surface area contributed by atoms with Gasteiger partial charge in [-0.2, -0.15) is 8.42 Å². The Kier molecular flexibility index (Phi) is 7.61. The zero-order chi connectivity index (χ0) is 21.7. The summed E-state index contributed by atoms with van der Waals surface area (Å²) in [5, 5.41) is 5.82. The van der Waals surface area contributed by atoms with E-state index in [9.17, 15) is 13.2 Å². The van der Waals surface area contributed by atoms with Crippen LogP contribution in [0.3, 0.4) is 0 Å². The van der Waals surface area contributed by atoms with Crippen molar-refractivity contribution >= 4 is 33.4 Å². The average Bonchev–Trinajstić information content (AvgIpc) is 3.02. The standard InChI is InChI=1S/C19H27N3O5S2/c1-5-6-17-20-16(12-28-17)15(21-18(23)27-19(2,3)4)11-13-7-9-14(10-8-13)22-29(24,25)26/h7-10,12,15,22H,5-6,11H2,1-4H3,(H,21,23)(H,24,25,26)/t15-/m0/s1. The minimum absolute atomic E-state index is 0.242. The number of aromatic nitrogens is 1. The minimum Gasteiger partial charge on any atom is -0.444 e. The zero-order valence-corrected chi connectivity index (χ0v) is 18.6. The lowest BCUT2D eigenvalue weighted by molar-refractivity contribution is 0.0502. The summed E-state index contributed by atoms with van der Waals surface area (Å²) in [6.45, 7) is 7.47. The number of carbonyl (C=O) groups excluding carboxylic acids is 1. The Bertz CT molecular complexity index is 918. The topological polar surface area (TPSA) is 118 Å². The molecule has 0 spiro atoms. The Morgan fingerprint density at radius 3 is 2.48 bits per heavy atom. The van der Waals surface area contributed by atoms with Crippen LogP contribution in [0.2, 0.25) is 0 Å². The normalized spacial score (nSPS) is 13.0. The lowest BCUT2D eigenvalue weighted by Crippen LogP contribution is -2.36. The van der Waals surface area contributed by atoms with Gasteiger partial charge in [-0.05, 0) is 57.7 Å². The molecule has 8 nitrogen and oxygen atoms in total. The number of hydrogen-bond donors (Lipinski definition) is 3. The molecular formula is C19H27N3O5S2. The number of benzene rings is 1. The molecule has 0 bridgehead atoms. The first-order valence-electron chi connectivity index (χ1n) is 9.23. The highest BCUT2D eigenvalue weighted by molar-refractivity contribution is 7.87. The summed E-state index contributed by atoms with van der Waals surface area (Å²) in [5.74, 6) is 0. The van der Waals surface area contributed by atoms with Crippen LogP contribution in [0, 0.1) is 0 Å². The van der Waals surface area contributed by atoms with E-state index in [4.69, 9.17) is 9.29 Å². The number of amides is 1. The molecule has 160 valence electrons. The number of hydrogen-bond acceptors (Lipinski definition) is 6. The summed E-state index contributed by atoms with van der Waals surface area (Å²) in [7, 11) is -4.32. The van der Waals surface area contributed by atoms with E-state index in [-0.39, 0.29) is 5.69 Å². The van der Waals surface area contributed by atoms with Gasteiger partial charge >= 0.3 is 16.4 Å². The fourth-order valence-electron chi connectivity index (χ4n) is 2.59. The van der Waals surface area contributed by atoms with Crippen molar-refractivity contribution < 1.29 is 22.5 Å². The highest BCUT2D eigenvalue weighted by atomic mass is 32.2. The van der Waals surface area contributed by atoms with Crippen molar-refractivity contribution in [1.29, 1.82) is 0 Å². The Hall–Kier alpha value is -2.17. The van der Waals surface area contributed by atoms with Crippen LogP contribution in [0.25, 0.3) is 0 Å². The molecule has 1 aromatic carbocycles. The SMILES string of the molecule is CCCc1nc([C@H](Cc2ccc(NS(=O)(=O)O)cc2)NC(=O)OC(C)(C)C)cs1. The molecule has 1 aromatic heterocycles. The molecule has 1 atom stereocenters. The van der Waals surface area contributed by atoms with Crippen LogP contribution in [0.1, 0.15) is 56.4 Å². The summed E-state index contributed by atoms with van der Waals surface area (Å²) in [4.78, 5) is 16.9. The molecule has 2 aromatic rings. The second kappa shape index (κ2) is 9.55. The van der Waals surface area contributed by atoms with Crippen molar-refractivity contribution in [2.45, 2.75) is 58.6 Å². The van der Waals surface area contributed by atoms with E-state index in [1.54, 1.807) is 44.2 Å². The van der Waals surface area contributed by atoms with Crippen molar-refractivity contribution in [3.05, 3.63) is 45.9 Å². The molecule has 0 radical (unpaired) electrons. The Morgan fingerprint density at radius 2 is 1.93 bits per heavy atom. The highest BCUT2D eigenvalue weighted by Crippen LogP contribution is 2.23. The maximum atomic E-state index is 12.3. The van der Waals surface area contributed by atoms with Gasteiger partial charge in [-0.25, -0.2) is 9.78 Å². The zero-order valence-electron chi connectivity index (χ0n) is 16.9. The molecule has 0 fully saturated rings. The molecule has 10 heteroatoms. The van der Waals surface area contributed by atoms with Gasteiger partial charge in [0.1, 0.15) is 5.60 Å². The third-order valence-corrected chi connectivity index (χ3v) is 5.14. The van der Waals surface area contributed by atoms with Gasteiger partial charge in [-0.1, -0.05) is 19.1 Å². The third kappa shape index (κ3) is 8.38. The molecule has 2 rings (SSSR count). The van der Waals surface area contributed by atoms with E-state index in [0.717, 1.165) is 29.1 Å². The maximum Gasteiger partial charge on any atom is 0.408 e. The maximum absolute atomic E-state index is 12.3. The van der Waals surface area contributed by atoms with E-state index >= 15 is 0 Å². The van der Waals surface area contributed by atoms with Crippen molar-refractivity contribution in [3.8, 4) is 0 Å². The number of ether oxygens (including phenoxy) is 1. The average molecular weight is 442 g/mol. The predicted octanol–water partition coefficient (Wildman–Crippen LogP) is 4.12. The molecular weight excluding hydrogens is 414 g/mol. The number of nitrogens with one attached hydrogen (secondary N) is 2. The van der Waals surface area contributed by atoms with Gasteiger partial charge in [0, 0.05) is 5.38 Å². The van der Waals surface area contributed by atoms with Crippen molar-refractivity contribution in [1.82, 2.24) is 10.3 Å². The van der Waals surface area contributed by atoms with Crippen LogP contribution in [0.4, 0.5) is 10.5 Å². The summed E-state index contributed by atoms with van der Waals surface area (Å²) >= 11 is 1.55. The van der Waals surface area contributed by atoms with Crippen molar-refractivity contribution in [3.63, 3.8) is 0 Å². The van der Waals surface area contributed by atoms with E-state index in [1.807, 2.05) is 10.1 Å². The fourth-order valence-corrected chi connectivity index (χ4v) is 3.97.